The van der Waals surface area contributed by atoms with Gasteiger partial charge in [-0.15, -0.1) is 0 Å². The topological polar surface area (TPSA) is 160 Å². The summed E-state index contributed by atoms with van der Waals surface area (Å²) in [6, 6.07) is 0. The van der Waals surface area contributed by atoms with Crippen LogP contribution in [0.3, 0.4) is 0 Å². The van der Waals surface area contributed by atoms with E-state index in [1.165, 1.54) is 0 Å². The van der Waals surface area contributed by atoms with Crippen molar-refractivity contribution in [2.75, 3.05) is 7.11 Å². The van der Waals surface area contributed by atoms with E-state index in [1.807, 2.05) is 0 Å². The molecule has 0 radical (unpaired) electrons. The molecule has 1 fully saturated rings. The number of carboxylic acids is 1. The van der Waals surface area contributed by atoms with Crippen molar-refractivity contribution in [3.05, 3.63) is 0 Å². The molecular weight excluding hydrogens is 276 g/mol. The highest BCUT2D eigenvalue weighted by atomic mass is 32.3. The van der Waals surface area contributed by atoms with Gasteiger partial charge in [-0.25, -0.2) is 8.98 Å². The Morgan fingerprint density at radius 2 is 1.83 bits per heavy atom. The monoisotopic (exact) mass is 288 g/mol. The molecule has 106 valence electrons. The van der Waals surface area contributed by atoms with E-state index in [4.69, 9.17) is 9.66 Å². The molecule has 0 bridgehead atoms. The number of methoxy groups -OCH3 is 1. The fourth-order valence-electron chi connectivity index (χ4n) is 1.56. The third-order valence-corrected chi connectivity index (χ3v) is 2.75. The number of aliphatic hydroxyl groups is 2. The molecule has 0 aromatic rings. The number of carboxylic acid groups (broad SMARTS) is 1. The molecule has 5 atom stereocenters. The SMILES string of the molecule is CO[C@H]1[C@H](O)[C@H](C(=O)O)O[C@H](O)[C@@H]1OS(=O)(=O)O. The van der Waals surface area contributed by atoms with E-state index in [9.17, 15) is 23.4 Å². The van der Waals surface area contributed by atoms with Crippen molar-refractivity contribution in [1.29, 1.82) is 0 Å². The highest BCUT2D eigenvalue weighted by Gasteiger charge is 2.50. The zero-order chi connectivity index (χ0) is 14.1. The van der Waals surface area contributed by atoms with Crippen LogP contribution in [0, 0.1) is 0 Å². The first-order chi connectivity index (χ1) is 8.17. The Kier molecular flexibility index (Phi) is 4.61. The van der Waals surface area contributed by atoms with Crippen molar-refractivity contribution in [2.45, 2.75) is 30.7 Å². The first-order valence-corrected chi connectivity index (χ1v) is 5.96. The highest BCUT2D eigenvalue weighted by Crippen LogP contribution is 2.25. The minimum Gasteiger partial charge on any atom is -0.479 e. The molecule has 0 amide bonds. The van der Waals surface area contributed by atoms with E-state index in [0.29, 0.717) is 0 Å². The lowest BCUT2D eigenvalue weighted by atomic mass is 9.99. The van der Waals surface area contributed by atoms with Crippen molar-refractivity contribution < 1.29 is 46.7 Å². The van der Waals surface area contributed by atoms with Crippen molar-refractivity contribution in [3.8, 4) is 0 Å². The summed E-state index contributed by atoms with van der Waals surface area (Å²) in [5.41, 5.74) is 0. The first kappa shape index (κ1) is 15.2. The van der Waals surface area contributed by atoms with E-state index in [1.54, 1.807) is 0 Å². The van der Waals surface area contributed by atoms with Gasteiger partial charge in [0.1, 0.15) is 12.2 Å². The molecule has 4 N–H and O–H groups in total. The van der Waals surface area contributed by atoms with E-state index in [-0.39, 0.29) is 0 Å². The van der Waals surface area contributed by atoms with Gasteiger partial charge in [-0.1, -0.05) is 0 Å². The number of ether oxygens (including phenoxy) is 2. The van der Waals surface area contributed by atoms with Crippen LogP contribution in [0.1, 0.15) is 0 Å². The first-order valence-electron chi connectivity index (χ1n) is 4.60. The molecule has 1 rings (SSSR count). The van der Waals surface area contributed by atoms with E-state index in [2.05, 4.69) is 13.7 Å². The number of carbonyl (C=O) groups is 1. The second-order valence-electron chi connectivity index (χ2n) is 3.46. The third kappa shape index (κ3) is 3.35. The van der Waals surface area contributed by atoms with Gasteiger partial charge in [0.25, 0.3) is 0 Å². The van der Waals surface area contributed by atoms with E-state index in [0.717, 1.165) is 7.11 Å². The molecule has 10 nitrogen and oxygen atoms in total. The molecule has 1 aliphatic heterocycles. The lowest BCUT2D eigenvalue weighted by Crippen LogP contribution is -2.61. The molecule has 18 heavy (non-hydrogen) atoms. The maximum atomic E-state index is 10.7. The Hall–Kier alpha value is -0.820. The van der Waals surface area contributed by atoms with Gasteiger partial charge in [-0.3, -0.25) is 4.55 Å². The summed E-state index contributed by atoms with van der Waals surface area (Å²) in [5, 5.41) is 27.7. The summed E-state index contributed by atoms with van der Waals surface area (Å²) in [5.74, 6) is -1.58. The number of hydrogen-bond acceptors (Lipinski definition) is 8. The largest absolute Gasteiger partial charge is 0.479 e. The quantitative estimate of drug-likeness (QED) is 0.402. The minimum absolute atomic E-state index is 1.03. The predicted octanol–water partition coefficient (Wildman–Crippen LogP) is -2.65. The highest BCUT2D eigenvalue weighted by molar-refractivity contribution is 7.80. The van der Waals surface area contributed by atoms with Crippen LogP contribution in [-0.2, 0) is 28.9 Å². The molecule has 0 aromatic carbocycles. The van der Waals surface area contributed by atoms with Crippen LogP contribution in [0.15, 0.2) is 0 Å². The maximum Gasteiger partial charge on any atom is 0.397 e. The van der Waals surface area contributed by atoms with Gasteiger partial charge in [0.15, 0.2) is 18.5 Å². The molecule has 0 aliphatic carbocycles. The molecule has 1 aliphatic rings. The van der Waals surface area contributed by atoms with Crippen LogP contribution in [0.4, 0.5) is 0 Å². The predicted molar refractivity (Wildman–Crippen MR) is 51.7 cm³/mol. The molecule has 0 saturated carbocycles. The van der Waals surface area contributed by atoms with Crippen molar-refractivity contribution in [2.24, 2.45) is 0 Å². The van der Waals surface area contributed by atoms with Crippen molar-refractivity contribution in [1.82, 2.24) is 0 Å². The van der Waals surface area contributed by atoms with Crippen LogP contribution in [-0.4, -0.2) is 72.1 Å². The fraction of sp³-hybridized carbons (Fsp3) is 0.857. The normalized spacial score (nSPS) is 37.4. The summed E-state index contributed by atoms with van der Waals surface area (Å²) >= 11 is 0. The maximum absolute atomic E-state index is 10.7. The zero-order valence-corrected chi connectivity index (χ0v) is 9.85. The minimum atomic E-state index is -4.94. The number of rotatable bonds is 4. The Bertz CT molecular complexity index is 404. The summed E-state index contributed by atoms with van der Waals surface area (Å²) in [7, 11) is -3.91. The Balaban J connectivity index is 2.96. The van der Waals surface area contributed by atoms with Crippen LogP contribution in [0.25, 0.3) is 0 Å². The Morgan fingerprint density at radius 1 is 1.28 bits per heavy atom. The third-order valence-electron chi connectivity index (χ3n) is 2.29. The molecule has 1 saturated heterocycles. The van der Waals surface area contributed by atoms with Crippen LogP contribution in [0.5, 0.6) is 0 Å². The Morgan fingerprint density at radius 3 is 2.22 bits per heavy atom. The number of aliphatic hydroxyl groups excluding tert-OH is 2. The lowest BCUT2D eigenvalue weighted by Gasteiger charge is -2.39. The van der Waals surface area contributed by atoms with Crippen LogP contribution >= 0.6 is 0 Å². The van der Waals surface area contributed by atoms with Gasteiger partial charge >= 0.3 is 16.4 Å². The van der Waals surface area contributed by atoms with Crippen molar-refractivity contribution in [3.63, 3.8) is 0 Å². The fourth-order valence-corrected chi connectivity index (χ4v) is 2.04. The number of hydrogen-bond donors (Lipinski definition) is 4. The summed E-state index contributed by atoms with van der Waals surface area (Å²) in [6.07, 6.45) is -8.93. The lowest BCUT2D eigenvalue weighted by molar-refractivity contribution is -0.278. The summed E-state index contributed by atoms with van der Waals surface area (Å²) < 4.78 is 42.8. The van der Waals surface area contributed by atoms with Gasteiger partial charge in [0, 0.05) is 7.11 Å². The summed E-state index contributed by atoms with van der Waals surface area (Å²) in [6.45, 7) is 0. The van der Waals surface area contributed by atoms with Gasteiger partial charge < -0.3 is 24.8 Å². The van der Waals surface area contributed by atoms with Gasteiger partial charge in [-0.2, -0.15) is 8.42 Å². The summed E-state index contributed by atoms with van der Waals surface area (Å²) in [4.78, 5) is 10.7. The molecule has 11 heteroatoms. The van der Waals surface area contributed by atoms with E-state index >= 15 is 0 Å². The second kappa shape index (κ2) is 5.44. The second-order valence-corrected chi connectivity index (χ2v) is 4.51. The van der Waals surface area contributed by atoms with Gasteiger partial charge in [0.05, 0.1) is 0 Å². The average Bonchev–Trinajstić information content (AvgIpc) is 2.21. The van der Waals surface area contributed by atoms with E-state index < -0.39 is 47.1 Å². The number of aliphatic carboxylic acids is 1. The molecule has 1 heterocycles. The molecule has 0 unspecified atom stereocenters. The van der Waals surface area contributed by atoms with Gasteiger partial charge in [-0.05, 0) is 0 Å². The Labute approximate surface area is 102 Å². The molecule has 0 aromatic heterocycles. The van der Waals surface area contributed by atoms with Crippen LogP contribution < -0.4 is 0 Å². The smallest absolute Gasteiger partial charge is 0.397 e. The van der Waals surface area contributed by atoms with Gasteiger partial charge in [0.2, 0.25) is 0 Å². The standard InChI is InChI=1S/C7H12O10S/c1-15-3-2(8)4(6(9)10)16-7(11)5(3)17-18(12,13)14/h2-5,7-8,11H,1H3,(H,9,10)(H,12,13,14)/t2-,3-,4+,5+,7-/m0/s1. The van der Waals surface area contributed by atoms with Crippen molar-refractivity contribution >= 4 is 16.4 Å². The average molecular weight is 288 g/mol. The molecule has 0 spiro atoms. The molecular formula is C7H12O10S. The zero-order valence-electron chi connectivity index (χ0n) is 9.03. The van der Waals surface area contributed by atoms with Crippen LogP contribution in [0.2, 0.25) is 0 Å².